The number of carboxylic acids is 1. The summed E-state index contributed by atoms with van der Waals surface area (Å²) in [5.74, 6) is -6.24. The van der Waals surface area contributed by atoms with Crippen LogP contribution in [0.2, 0.25) is 0 Å². The number of halogens is 9. The molecule has 6 nitrogen and oxygen atoms in total. The summed E-state index contributed by atoms with van der Waals surface area (Å²) in [6, 6.07) is -1.51. The molecule has 3 rings (SSSR count). The van der Waals surface area contributed by atoms with Gasteiger partial charge in [0.25, 0.3) is 5.92 Å². The quantitative estimate of drug-likeness (QED) is 0.334. The third-order valence-corrected chi connectivity index (χ3v) is 5.88. The lowest BCUT2D eigenvalue weighted by molar-refractivity contribution is -0.147. The predicted molar refractivity (Wildman–Crippen MR) is 113 cm³/mol. The van der Waals surface area contributed by atoms with E-state index in [-0.39, 0.29) is 28.7 Å². The Morgan fingerprint density at radius 2 is 1.58 bits per heavy atom. The smallest absolute Gasteiger partial charge is 0.416 e. The van der Waals surface area contributed by atoms with Gasteiger partial charge in [0.1, 0.15) is 12.1 Å². The topological polar surface area (TPSA) is 70.1 Å². The van der Waals surface area contributed by atoms with Gasteiger partial charge in [-0.2, -0.15) is 26.3 Å². The highest BCUT2D eigenvalue weighted by molar-refractivity contribution is 5.73. The molecule has 38 heavy (non-hydrogen) atoms. The molecule has 1 heterocycles. The van der Waals surface area contributed by atoms with Gasteiger partial charge in [0.05, 0.1) is 30.3 Å². The van der Waals surface area contributed by atoms with Gasteiger partial charge in [0.15, 0.2) is 0 Å². The van der Waals surface area contributed by atoms with Crippen LogP contribution in [0.25, 0.3) is 0 Å². The van der Waals surface area contributed by atoms with E-state index in [0.717, 1.165) is 19.2 Å². The number of amides is 1. The van der Waals surface area contributed by atoms with Crippen LogP contribution in [0.5, 0.6) is 0 Å². The number of methoxy groups -OCH3 is 1. The summed E-state index contributed by atoms with van der Waals surface area (Å²) < 4.78 is 131. The van der Waals surface area contributed by atoms with Crippen molar-refractivity contribution < 1.29 is 59.0 Å². The third kappa shape index (κ3) is 5.60. The van der Waals surface area contributed by atoms with E-state index in [1.165, 1.54) is 13.0 Å². The summed E-state index contributed by atoms with van der Waals surface area (Å²) in [5.41, 5.74) is -5.17. The maximum Gasteiger partial charge on any atom is 0.416 e. The molecule has 0 spiro atoms. The van der Waals surface area contributed by atoms with Crippen molar-refractivity contribution in [1.82, 2.24) is 4.90 Å². The molecule has 0 fully saturated rings. The van der Waals surface area contributed by atoms with Gasteiger partial charge in [0, 0.05) is 12.1 Å². The number of carbonyl (C=O) groups excluding carboxylic acids is 1. The van der Waals surface area contributed by atoms with Crippen LogP contribution < -0.4 is 5.12 Å². The minimum absolute atomic E-state index is 0.149. The first kappa shape index (κ1) is 28.9. The lowest BCUT2D eigenvalue weighted by Gasteiger charge is -2.46. The van der Waals surface area contributed by atoms with E-state index in [9.17, 15) is 35.9 Å². The van der Waals surface area contributed by atoms with E-state index in [2.05, 4.69) is 4.74 Å². The number of hydrogen-bond donors (Lipinski definition) is 1. The van der Waals surface area contributed by atoms with Crippen LogP contribution in [0.3, 0.4) is 0 Å². The number of rotatable bonds is 5. The van der Waals surface area contributed by atoms with Gasteiger partial charge in [0.2, 0.25) is 0 Å². The monoisotopic (exact) mass is 558 g/mol. The Balaban J connectivity index is 2.25. The average molecular weight is 558 g/mol. The molecule has 1 aliphatic heterocycles. The highest BCUT2D eigenvalue weighted by Gasteiger charge is 2.59. The Labute approximate surface area is 209 Å². The number of aryl methyl sites for hydroxylation is 1. The second kappa shape index (κ2) is 9.91. The molecule has 2 aromatic rings. The van der Waals surface area contributed by atoms with E-state index in [1.807, 2.05) is 0 Å². The molecule has 0 saturated carbocycles. The molecular formula is C23H19F9N2O4. The van der Waals surface area contributed by atoms with E-state index in [1.54, 1.807) is 0 Å². The maximum absolute atomic E-state index is 15.8. The van der Waals surface area contributed by atoms with Gasteiger partial charge in [-0.05, 0) is 36.8 Å². The summed E-state index contributed by atoms with van der Waals surface area (Å²) in [7, 11) is 0.733. The molecule has 0 bridgehead atoms. The predicted octanol–water partition coefficient (Wildman–Crippen LogP) is 6.53. The highest BCUT2D eigenvalue weighted by atomic mass is 19.4. The number of benzene rings is 2. The number of nitrogens with zero attached hydrogens (tertiary/aromatic N) is 2. The summed E-state index contributed by atoms with van der Waals surface area (Å²) in [4.78, 5) is 24.1. The van der Waals surface area contributed by atoms with Crippen molar-refractivity contribution in [2.75, 3.05) is 12.2 Å². The Morgan fingerprint density at radius 3 is 2.05 bits per heavy atom. The van der Waals surface area contributed by atoms with E-state index in [0.29, 0.717) is 0 Å². The van der Waals surface area contributed by atoms with Gasteiger partial charge in [-0.1, -0.05) is 22.2 Å². The van der Waals surface area contributed by atoms with Crippen molar-refractivity contribution in [2.45, 2.75) is 50.2 Å². The SMILES string of the molecule is COC(=O)N(Cc1cc(C(F)(F)F)cc(C(F)(F)F)c1)C1c2cc(C)ccc2N(F)C(CC(=O)O)C1(F)F. The molecule has 1 amide bonds. The van der Waals surface area contributed by atoms with Crippen LogP contribution in [-0.4, -0.2) is 41.1 Å². The fourth-order valence-corrected chi connectivity index (χ4v) is 4.24. The molecular weight excluding hydrogens is 539 g/mol. The highest BCUT2D eigenvalue weighted by Crippen LogP contribution is 2.51. The van der Waals surface area contributed by atoms with Gasteiger partial charge in [-0.15, -0.1) is 0 Å². The Bertz CT molecular complexity index is 1200. The van der Waals surface area contributed by atoms with Gasteiger partial charge in [-0.3, -0.25) is 9.69 Å². The fraction of sp³-hybridized carbons (Fsp3) is 0.391. The van der Waals surface area contributed by atoms with Crippen molar-refractivity contribution in [1.29, 1.82) is 0 Å². The van der Waals surface area contributed by atoms with E-state index >= 15 is 13.3 Å². The standard InChI is InChI=1S/C23H19F9N2O4/c1-11-3-4-16-15(5-11)19(21(24,25)17(34(16)32)9-18(35)36)33(20(37)38-2)10-12-6-13(22(26,27)28)8-14(7-12)23(29,30)31/h3-8,17,19H,9-10H2,1-2H3,(H,35,36). The zero-order chi connectivity index (χ0) is 28.8. The molecule has 2 aromatic carbocycles. The molecule has 0 saturated heterocycles. The largest absolute Gasteiger partial charge is 0.481 e. The van der Waals surface area contributed by atoms with Gasteiger partial charge < -0.3 is 9.84 Å². The number of anilines is 1. The molecule has 0 radical (unpaired) electrons. The summed E-state index contributed by atoms with van der Waals surface area (Å²) in [5, 5.41) is 8.61. The van der Waals surface area contributed by atoms with Crippen LogP contribution in [0.4, 0.5) is 50.1 Å². The molecule has 1 N–H and O–H groups in total. The zero-order valence-electron chi connectivity index (χ0n) is 19.5. The van der Waals surface area contributed by atoms with Crippen LogP contribution in [0.15, 0.2) is 36.4 Å². The number of aliphatic carboxylic acids is 1. The summed E-state index contributed by atoms with van der Waals surface area (Å²) in [6.07, 6.45) is -13.6. The molecule has 1 aliphatic rings. The summed E-state index contributed by atoms with van der Waals surface area (Å²) in [6.45, 7) is 0.172. The fourth-order valence-electron chi connectivity index (χ4n) is 4.24. The van der Waals surface area contributed by atoms with Crippen molar-refractivity contribution >= 4 is 17.7 Å². The zero-order valence-corrected chi connectivity index (χ0v) is 19.5. The number of carboxylic acid groups (broad SMARTS) is 1. The molecule has 15 heteroatoms. The van der Waals surface area contributed by atoms with Crippen LogP contribution in [0, 0.1) is 6.92 Å². The number of carbonyl (C=O) groups is 2. The van der Waals surface area contributed by atoms with E-state index in [4.69, 9.17) is 5.11 Å². The molecule has 208 valence electrons. The Morgan fingerprint density at radius 1 is 1.03 bits per heavy atom. The first-order valence-electron chi connectivity index (χ1n) is 10.7. The maximum atomic E-state index is 15.8. The second-order valence-corrected chi connectivity index (χ2v) is 8.58. The Kier molecular flexibility index (Phi) is 7.54. The van der Waals surface area contributed by atoms with Crippen LogP contribution >= 0.6 is 0 Å². The normalized spacial score (nSPS) is 19.1. The van der Waals surface area contributed by atoms with Crippen molar-refractivity contribution in [3.05, 3.63) is 64.2 Å². The lowest BCUT2D eigenvalue weighted by atomic mass is 9.85. The minimum Gasteiger partial charge on any atom is -0.481 e. The van der Waals surface area contributed by atoms with Crippen molar-refractivity contribution in [2.24, 2.45) is 0 Å². The molecule has 0 aliphatic carbocycles. The molecule has 2 unspecified atom stereocenters. The number of ether oxygens (including phenoxy) is 1. The van der Waals surface area contributed by atoms with Gasteiger partial charge in [-0.25, -0.2) is 18.7 Å². The number of fused-ring (bicyclic) bond motifs is 1. The van der Waals surface area contributed by atoms with Crippen molar-refractivity contribution in [3.63, 3.8) is 0 Å². The number of alkyl halides is 8. The first-order chi connectivity index (χ1) is 17.4. The third-order valence-electron chi connectivity index (χ3n) is 5.88. The van der Waals surface area contributed by atoms with Crippen molar-refractivity contribution in [3.8, 4) is 0 Å². The average Bonchev–Trinajstić information content (AvgIpc) is 2.79. The lowest BCUT2D eigenvalue weighted by Crippen LogP contribution is -2.58. The number of hydrogen-bond acceptors (Lipinski definition) is 4. The van der Waals surface area contributed by atoms with Crippen LogP contribution in [0.1, 0.15) is 40.3 Å². The molecule has 0 aromatic heterocycles. The molecule has 2 atom stereocenters. The summed E-state index contributed by atoms with van der Waals surface area (Å²) >= 11 is 0. The Hall–Kier alpha value is -3.65. The van der Waals surface area contributed by atoms with E-state index < -0.39 is 88.5 Å². The van der Waals surface area contributed by atoms with Crippen LogP contribution in [-0.2, 0) is 28.4 Å². The van der Waals surface area contributed by atoms with Gasteiger partial charge >= 0.3 is 24.4 Å². The first-order valence-corrected chi connectivity index (χ1v) is 10.7. The minimum atomic E-state index is -5.26. The second-order valence-electron chi connectivity index (χ2n) is 8.58.